The van der Waals surface area contributed by atoms with Gasteiger partial charge in [0.25, 0.3) is 0 Å². The van der Waals surface area contributed by atoms with Gasteiger partial charge in [-0.05, 0) is 30.4 Å². The topological polar surface area (TPSA) is 58.6 Å². The molecule has 1 N–H and O–H groups in total. The second-order valence-corrected chi connectivity index (χ2v) is 7.12. The van der Waals surface area contributed by atoms with Crippen LogP contribution >= 0.6 is 11.8 Å². The summed E-state index contributed by atoms with van der Waals surface area (Å²) in [7, 11) is 1.69. The highest BCUT2D eigenvalue weighted by Crippen LogP contribution is 2.41. The summed E-state index contributed by atoms with van der Waals surface area (Å²) in [5, 5.41) is 3.09. The average Bonchev–Trinajstić information content (AvgIpc) is 3.00. The van der Waals surface area contributed by atoms with Gasteiger partial charge in [0.1, 0.15) is 11.8 Å². The average molecular weight is 334 g/mol. The number of rotatable bonds is 4. The van der Waals surface area contributed by atoms with E-state index in [4.69, 9.17) is 4.74 Å². The molecule has 0 spiro atoms. The molecule has 6 heteroatoms. The van der Waals surface area contributed by atoms with Crippen molar-refractivity contribution in [2.75, 3.05) is 18.7 Å². The lowest BCUT2D eigenvalue weighted by Gasteiger charge is -2.37. The Morgan fingerprint density at radius 3 is 2.74 bits per heavy atom. The van der Waals surface area contributed by atoms with Gasteiger partial charge in [0.15, 0.2) is 0 Å². The molecule has 2 aliphatic rings. The third-order valence-electron chi connectivity index (χ3n) is 4.65. The normalized spacial score (nSPS) is 26.5. The summed E-state index contributed by atoms with van der Waals surface area (Å²) in [4.78, 5) is 25.6. The standard InChI is InChI=1S/C17H22N2O3S/c1-11(20)19-10-23-9-15(19)17(21)18-13-7-12(8-13)14-5-3-4-6-16(14)22-2/h3-6,12-13,15H,7-10H2,1-2H3,(H,18,21). The number of carbonyl (C=O) groups excluding carboxylic acids is 2. The molecule has 1 unspecified atom stereocenters. The van der Waals surface area contributed by atoms with E-state index in [0.29, 0.717) is 17.5 Å². The number of hydrogen-bond acceptors (Lipinski definition) is 4. The van der Waals surface area contributed by atoms with Crippen molar-refractivity contribution in [2.45, 2.75) is 37.8 Å². The van der Waals surface area contributed by atoms with E-state index in [1.165, 1.54) is 12.5 Å². The summed E-state index contributed by atoms with van der Waals surface area (Å²) in [6, 6.07) is 7.92. The molecule has 1 atom stereocenters. The zero-order chi connectivity index (χ0) is 16.4. The SMILES string of the molecule is COc1ccccc1C1CC(NC(=O)C2CSCN2C(C)=O)C1. The molecule has 2 fully saturated rings. The quantitative estimate of drug-likeness (QED) is 0.915. The third-order valence-corrected chi connectivity index (χ3v) is 5.66. The second kappa shape index (κ2) is 6.83. The summed E-state index contributed by atoms with van der Waals surface area (Å²) >= 11 is 1.63. The van der Waals surface area contributed by atoms with Gasteiger partial charge in [0.2, 0.25) is 11.8 Å². The molecule has 2 amide bonds. The molecule has 1 saturated carbocycles. The number of carbonyl (C=O) groups is 2. The molecular weight excluding hydrogens is 312 g/mol. The molecule has 1 aliphatic heterocycles. The molecule has 23 heavy (non-hydrogen) atoms. The van der Waals surface area contributed by atoms with Crippen LogP contribution < -0.4 is 10.1 Å². The summed E-state index contributed by atoms with van der Waals surface area (Å²) in [5.74, 6) is 2.59. The van der Waals surface area contributed by atoms with Gasteiger partial charge in [-0.1, -0.05) is 18.2 Å². The van der Waals surface area contributed by atoms with E-state index in [-0.39, 0.29) is 23.9 Å². The molecule has 124 valence electrons. The van der Waals surface area contributed by atoms with Crippen LogP contribution in [0.25, 0.3) is 0 Å². The number of ether oxygens (including phenoxy) is 1. The van der Waals surface area contributed by atoms with Crippen LogP contribution in [0.15, 0.2) is 24.3 Å². The fourth-order valence-corrected chi connectivity index (χ4v) is 4.48. The number of amides is 2. The maximum absolute atomic E-state index is 12.4. The molecule has 3 rings (SSSR count). The lowest BCUT2D eigenvalue weighted by atomic mass is 9.75. The molecule has 1 aliphatic carbocycles. The molecule has 1 saturated heterocycles. The Kier molecular flexibility index (Phi) is 4.80. The molecule has 0 aromatic heterocycles. The zero-order valence-corrected chi connectivity index (χ0v) is 14.3. The van der Waals surface area contributed by atoms with Crippen molar-refractivity contribution in [1.29, 1.82) is 0 Å². The first kappa shape index (κ1) is 16.2. The highest BCUT2D eigenvalue weighted by molar-refractivity contribution is 7.99. The number of nitrogens with one attached hydrogen (secondary N) is 1. The van der Waals surface area contributed by atoms with Gasteiger partial charge in [-0.3, -0.25) is 9.59 Å². The minimum absolute atomic E-state index is 0.0197. The van der Waals surface area contributed by atoms with E-state index < -0.39 is 0 Å². The second-order valence-electron chi connectivity index (χ2n) is 6.12. The summed E-state index contributed by atoms with van der Waals surface area (Å²) < 4.78 is 5.41. The summed E-state index contributed by atoms with van der Waals surface area (Å²) in [6.07, 6.45) is 1.85. The largest absolute Gasteiger partial charge is 0.496 e. The molecule has 1 aromatic rings. The Morgan fingerprint density at radius 2 is 2.04 bits per heavy atom. The van der Waals surface area contributed by atoms with Crippen molar-refractivity contribution in [1.82, 2.24) is 10.2 Å². The number of methoxy groups -OCH3 is 1. The van der Waals surface area contributed by atoms with Crippen molar-refractivity contribution in [3.8, 4) is 5.75 Å². The van der Waals surface area contributed by atoms with Crippen LogP contribution in [0, 0.1) is 0 Å². The Bertz CT molecular complexity index is 601. The maximum atomic E-state index is 12.4. The number of benzene rings is 1. The molecule has 1 aromatic carbocycles. The first-order valence-electron chi connectivity index (χ1n) is 7.88. The first-order chi connectivity index (χ1) is 11.1. The van der Waals surface area contributed by atoms with Crippen LogP contribution in [0.3, 0.4) is 0 Å². The number of nitrogens with zero attached hydrogens (tertiary/aromatic N) is 1. The number of hydrogen-bond donors (Lipinski definition) is 1. The van der Waals surface area contributed by atoms with Gasteiger partial charge in [-0.25, -0.2) is 0 Å². The zero-order valence-electron chi connectivity index (χ0n) is 13.5. The van der Waals surface area contributed by atoms with E-state index >= 15 is 0 Å². The first-order valence-corrected chi connectivity index (χ1v) is 9.04. The summed E-state index contributed by atoms with van der Waals surface area (Å²) in [6.45, 7) is 1.52. The van der Waals surface area contributed by atoms with Crippen LogP contribution in [0.1, 0.15) is 31.2 Å². The Balaban J connectivity index is 1.54. The van der Waals surface area contributed by atoms with Crippen molar-refractivity contribution >= 4 is 23.6 Å². The Hall–Kier alpha value is -1.69. The van der Waals surface area contributed by atoms with Crippen LogP contribution in [0.2, 0.25) is 0 Å². The minimum Gasteiger partial charge on any atom is -0.496 e. The smallest absolute Gasteiger partial charge is 0.243 e. The van der Waals surface area contributed by atoms with Gasteiger partial charge >= 0.3 is 0 Å². The lowest BCUT2D eigenvalue weighted by Crippen LogP contribution is -2.52. The molecule has 1 heterocycles. The van der Waals surface area contributed by atoms with E-state index in [2.05, 4.69) is 11.4 Å². The molecular formula is C17H22N2O3S. The van der Waals surface area contributed by atoms with Crippen molar-refractivity contribution in [3.63, 3.8) is 0 Å². The van der Waals surface area contributed by atoms with E-state index in [9.17, 15) is 9.59 Å². The van der Waals surface area contributed by atoms with Crippen molar-refractivity contribution in [2.24, 2.45) is 0 Å². The van der Waals surface area contributed by atoms with E-state index in [0.717, 1.165) is 18.6 Å². The highest BCUT2D eigenvalue weighted by Gasteiger charge is 2.37. The lowest BCUT2D eigenvalue weighted by molar-refractivity contribution is -0.137. The molecule has 0 radical (unpaired) electrons. The van der Waals surface area contributed by atoms with Crippen molar-refractivity contribution in [3.05, 3.63) is 29.8 Å². The molecule has 5 nitrogen and oxygen atoms in total. The summed E-state index contributed by atoms with van der Waals surface area (Å²) in [5.41, 5.74) is 1.21. The predicted octanol–water partition coefficient (Wildman–Crippen LogP) is 1.98. The number of para-hydroxylation sites is 1. The van der Waals surface area contributed by atoms with Gasteiger partial charge in [-0.2, -0.15) is 0 Å². The van der Waals surface area contributed by atoms with Crippen molar-refractivity contribution < 1.29 is 14.3 Å². The third kappa shape index (κ3) is 3.32. The number of thioether (sulfide) groups is 1. The minimum atomic E-state index is -0.317. The van der Waals surface area contributed by atoms with Gasteiger partial charge in [0, 0.05) is 18.7 Å². The highest BCUT2D eigenvalue weighted by atomic mass is 32.2. The van der Waals surface area contributed by atoms with Gasteiger partial charge in [-0.15, -0.1) is 11.8 Å². The maximum Gasteiger partial charge on any atom is 0.243 e. The fraction of sp³-hybridized carbons (Fsp3) is 0.529. The molecule has 0 bridgehead atoms. The van der Waals surface area contributed by atoms with Gasteiger partial charge in [0.05, 0.1) is 13.0 Å². The Labute approximate surface area is 140 Å². The van der Waals surface area contributed by atoms with E-state index in [1.54, 1.807) is 23.8 Å². The van der Waals surface area contributed by atoms with Gasteiger partial charge < -0.3 is 15.0 Å². The van der Waals surface area contributed by atoms with Crippen LogP contribution in [-0.4, -0.2) is 47.5 Å². The predicted molar refractivity (Wildman–Crippen MR) is 90.5 cm³/mol. The Morgan fingerprint density at radius 1 is 1.30 bits per heavy atom. The van der Waals surface area contributed by atoms with E-state index in [1.807, 2.05) is 18.2 Å². The van der Waals surface area contributed by atoms with Crippen LogP contribution in [0.4, 0.5) is 0 Å². The fourth-order valence-electron chi connectivity index (χ4n) is 3.26. The monoisotopic (exact) mass is 334 g/mol. The van der Waals surface area contributed by atoms with Crippen LogP contribution in [0.5, 0.6) is 5.75 Å². The van der Waals surface area contributed by atoms with Crippen LogP contribution in [-0.2, 0) is 9.59 Å².